The zero-order chi connectivity index (χ0) is 14.3. The van der Waals surface area contributed by atoms with Crippen LogP contribution in [0.4, 0.5) is 0 Å². The largest absolute Gasteiger partial charge is 0.351 e. The molecule has 1 aromatic rings. The van der Waals surface area contributed by atoms with Gasteiger partial charge in [-0.05, 0) is 30.9 Å². The predicted octanol–water partition coefficient (Wildman–Crippen LogP) is 1.79. The number of nitrogens with one attached hydrogen (secondary N) is 1. The molecule has 0 aromatic heterocycles. The quantitative estimate of drug-likeness (QED) is 0.824. The molecule has 1 aromatic carbocycles. The fourth-order valence-corrected chi connectivity index (χ4v) is 1.72. The van der Waals surface area contributed by atoms with Crippen molar-refractivity contribution in [2.45, 2.75) is 19.1 Å². The summed E-state index contributed by atoms with van der Waals surface area (Å²) in [7, 11) is 0. The molecule has 0 aliphatic rings. The van der Waals surface area contributed by atoms with E-state index >= 15 is 0 Å². The summed E-state index contributed by atoms with van der Waals surface area (Å²) in [6.07, 6.45) is 2.03. The fraction of sp³-hybridized carbons (Fsp3) is 0.400. The highest BCUT2D eigenvalue weighted by molar-refractivity contribution is 7.99. The van der Waals surface area contributed by atoms with Gasteiger partial charge in [-0.1, -0.05) is 24.8 Å². The van der Waals surface area contributed by atoms with Gasteiger partial charge < -0.3 is 11.1 Å². The Morgan fingerprint density at radius 1 is 1.53 bits per heavy atom. The number of rotatable bonds is 4. The van der Waals surface area contributed by atoms with Gasteiger partial charge in [0.2, 0.25) is 0 Å². The molecule has 3 nitrogen and oxygen atoms in total. The molecular formula is C15H20N2OS. The molecule has 3 N–H and O–H groups in total. The lowest BCUT2D eigenvalue weighted by molar-refractivity contribution is 0.0954. The molecule has 0 aliphatic carbocycles. The molecule has 19 heavy (non-hydrogen) atoms. The molecule has 1 rings (SSSR count). The highest BCUT2D eigenvalue weighted by Gasteiger charge is 2.08. The van der Waals surface area contributed by atoms with Crippen molar-refractivity contribution in [3.8, 4) is 11.8 Å². The number of aryl methyl sites for hydroxylation is 1. The van der Waals surface area contributed by atoms with Crippen LogP contribution in [0.1, 0.15) is 28.4 Å². The van der Waals surface area contributed by atoms with Crippen LogP contribution in [0.5, 0.6) is 0 Å². The third-order valence-electron chi connectivity index (χ3n) is 2.78. The summed E-state index contributed by atoms with van der Waals surface area (Å²) in [5.74, 6) is 5.74. The number of hydrogen-bond acceptors (Lipinski definition) is 3. The van der Waals surface area contributed by atoms with Crippen LogP contribution in [0.3, 0.4) is 0 Å². The number of carbonyl (C=O) groups is 1. The minimum atomic E-state index is -0.0586. The van der Waals surface area contributed by atoms with Gasteiger partial charge in [0.15, 0.2) is 0 Å². The van der Waals surface area contributed by atoms with Gasteiger partial charge in [0.25, 0.3) is 5.91 Å². The van der Waals surface area contributed by atoms with Gasteiger partial charge in [-0.2, -0.15) is 11.8 Å². The van der Waals surface area contributed by atoms with Gasteiger partial charge in [0, 0.05) is 22.9 Å². The van der Waals surface area contributed by atoms with Crippen molar-refractivity contribution in [1.29, 1.82) is 0 Å². The Hall–Kier alpha value is -1.44. The van der Waals surface area contributed by atoms with Crippen molar-refractivity contribution >= 4 is 17.7 Å². The number of carbonyl (C=O) groups excluding carboxylic acids is 1. The Labute approximate surface area is 119 Å². The summed E-state index contributed by atoms with van der Waals surface area (Å²) < 4.78 is 0. The van der Waals surface area contributed by atoms with E-state index in [1.807, 2.05) is 31.4 Å². The van der Waals surface area contributed by atoms with Crippen molar-refractivity contribution in [2.24, 2.45) is 5.73 Å². The second-order valence-electron chi connectivity index (χ2n) is 4.29. The van der Waals surface area contributed by atoms with Gasteiger partial charge in [-0.25, -0.2) is 0 Å². The van der Waals surface area contributed by atoms with Crippen molar-refractivity contribution in [2.75, 3.05) is 19.3 Å². The fourth-order valence-electron chi connectivity index (χ4n) is 1.47. The minimum absolute atomic E-state index is 0.0586. The number of amides is 1. The number of nitrogens with two attached hydrogens (primary N) is 1. The average Bonchev–Trinajstić information content (AvgIpc) is 2.43. The molecule has 0 spiro atoms. The van der Waals surface area contributed by atoms with Gasteiger partial charge in [0.1, 0.15) is 0 Å². The molecule has 0 saturated carbocycles. The van der Waals surface area contributed by atoms with E-state index in [4.69, 9.17) is 5.73 Å². The summed E-state index contributed by atoms with van der Waals surface area (Å²) in [5.41, 5.74) is 7.91. The molecule has 0 fully saturated rings. The van der Waals surface area contributed by atoms with Crippen LogP contribution in [0, 0.1) is 18.8 Å². The number of thioether (sulfide) groups is 1. The third kappa shape index (κ3) is 4.98. The van der Waals surface area contributed by atoms with Crippen LogP contribution in [0.25, 0.3) is 0 Å². The standard InChI is InChI=1S/C15H20N2OS/c1-11-6-7-14(9-13(11)5-4-8-16)15(18)17-10-12(2)19-3/h6-7,9,12H,8,10,16H2,1-3H3,(H,17,18). The Bertz CT molecular complexity index is 503. The first-order valence-corrected chi connectivity index (χ1v) is 7.47. The van der Waals surface area contributed by atoms with Gasteiger partial charge in [-0.3, -0.25) is 4.79 Å². The zero-order valence-corrected chi connectivity index (χ0v) is 12.4. The Balaban J connectivity index is 2.81. The Morgan fingerprint density at radius 2 is 2.26 bits per heavy atom. The van der Waals surface area contributed by atoms with Crippen molar-refractivity contribution < 1.29 is 4.79 Å². The molecule has 1 atom stereocenters. The summed E-state index contributed by atoms with van der Waals surface area (Å²) in [6, 6.07) is 5.55. The Morgan fingerprint density at radius 3 is 2.89 bits per heavy atom. The summed E-state index contributed by atoms with van der Waals surface area (Å²) >= 11 is 1.73. The molecule has 0 bridgehead atoms. The van der Waals surface area contributed by atoms with Crippen LogP contribution in [0.15, 0.2) is 18.2 Å². The van der Waals surface area contributed by atoms with Gasteiger partial charge in [-0.15, -0.1) is 0 Å². The summed E-state index contributed by atoms with van der Waals surface area (Å²) in [6.45, 7) is 5.04. The third-order valence-corrected chi connectivity index (χ3v) is 3.75. The maximum atomic E-state index is 12.0. The lowest BCUT2D eigenvalue weighted by Crippen LogP contribution is -2.29. The second-order valence-corrected chi connectivity index (χ2v) is 5.57. The van der Waals surface area contributed by atoms with Crippen LogP contribution < -0.4 is 11.1 Å². The smallest absolute Gasteiger partial charge is 0.251 e. The molecule has 0 aliphatic heterocycles. The first kappa shape index (κ1) is 15.6. The molecule has 1 amide bonds. The van der Waals surface area contributed by atoms with E-state index in [-0.39, 0.29) is 5.91 Å². The predicted molar refractivity (Wildman–Crippen MR) is 82.4 cm³/mol. The normalized spacial score (nSPS) is 11.4. The van der Waals surface area contributed by atoms with Crippen molar-refractivity contribution in [3.63, 3.8) is 0 Å². The highest BCUT2D eigenvalue weighted by Crippen LogP contribution is 2.10. The molecule has 0 saturated heterocycles. The number of benzene rings is 1. The highest BCUT2D eigenvalue weighted by atomic mass is 32.2. The van der Waals surface area contributed by atoms with E-state index < -0.39 is 0 Å². The van der Waals surface area contributed by atoms with E-state index in [0.29, 0.717) is 23.9 Å². The second kappa shape index (κ2) is 7.88. The first-order chi connectivity index (χ1) is 9.08. The maximum absolute atomic E-state index is 12.0. The lowest BCUT2D eigenvalue weighted by Gasteiger charge is -2.10. The van der Waals surface area contributed by atoms with Crippen molar-refractivity contribution in [3.05, 3.63) is 34.9 Å². The summed E-state index contributed by atoms with van der Waals surface area (Å²) in [5, 5.41) is 3.33. The summed E-state index contributed by atoms with van der Waals surface area (Å²) in [4.78, 5) is 12.0. The maximum Gasteiger partial charge on any atom is 0.251 e. The van der Waals surface area contributed by atoms with E-state index in [1.54, 1.807) is 11.8 Å². The van der Waals surface area contributed by atoms with E-state index in [2.05, 4.69) is 24.1 Å². The van der Waals surface area contributed by atoms with Crippen LogP contribution >= 0.6 is 11.8 Å². The van der Waals surface area contributed by atoms with Gasteiger partial charge >= 0.3 is 0 Å². The zero-order valence-electron chi connectivity index (χ0n) is 11.6. The van der Waals surface area contributed by atoms with E-state index in [0.717, 1.165) is 11.1 Å². The number of hydrogen-bond donors (Lipinski definition) is 2. The average molecular weight is 276 g/mol. The van der Waals surface area contributed by atoms with Crippen molar-refractivity contribution in [1.82, 2.24) is 5.32 Å². The van der Waals surface area contributed by atoms with E-state index in [1.165, 1.54) is 0 Å². The molecule has 4 heteroatoms. The monoisotopic (exact) mass is 276 g/mol. The van der Waals surface area contributed by atoms with Gasteiger partial charge in [0.05, 0.1) is 6.54 Å². The molecule has 102 valence electrons. The molecule has 1 unspecified atom stereocenters. The SMILES string of the molecule is CSC(C)CNC(=O)c1ccc(C)c(C#CCN)c1. The topological polar surface area (TPSA) is 55.1 Å². The van der Waals surface area contributed by atoms with Crippen LogP contribution in [-0.2, 0) is 0 Å². The molecule has 0 heterocycles. The molecular weight excluding hydrogens is 256 g/mol. The molecule has 0 radical (unpaired) electrons. The Kier molecular flexibility index (Phi) is 6.48. The lowest BCUT2D eigenvalue weighted by atomic mass is 10.0. The van der Waals surface area contributed by atoms with Crippen LogP contribution in [0.2, 0.25) is 0 Å². The minimum Gasteiger partial charge on any atom is -0.351 e. The van der Waals surface area contributed by atoms with Crippen LogP contribution in [-0.4, -0.2) is 30.5 Å². The first-order valence-electron chi connectivity index (χ1n) is 6.19. The van der Waals surface area contributed by atoms with E-state index in [9.17, 15) is 4.79 Å².